The van der Waals surface area contributed by atoms with Gasteiger partial charge in [-0.2, -0.15) is 22.0 Å². The number of fused-ring (bicyclic) bond motifs is 1. The third kappa shape index (κ3) is 3.91. The van der Waals surface area contributed by atoms with Crippen LogP contribution in [0.15, 0.2) is 16.5 Å². The van der Waals surface area contributed by atoms with Crippen molar-refractivity contribution in [2.45, 2.75) is 56.9 Å². The Morgan fingerprint density at radius 1 is 1.22 bits per heavy atom. The minimum Gasteiger partial charge on any atom is -0.415 e. The quantitative estimate of drug-likeness (QED) is 0.606. The largest absolute Gasteiger partial charge is 0.415 e. The number of rotatable bonds is 5. The van der Waals surface area contributed by atoms with Crippen LogP contribution in [0, 0.1) is 11.2 Å². The van der Waals surface area contributed by atoms with Crippen molar-refractivity contribution in [2.24, 2.45) is 5.41 Å². The summed E-state index contributed by atoms with van der Waals surface area (Å²) in [5.74, 6) is -3.97. The summed E-state index contributed by atoms with van der Waals surface area (Å²) >= 11 is 0. The highest BCUT2D eigenvalue weighted by molar-refractivity contribution is 5.99. The van der Waals surface area contributed by atoms with Crippen molar-refractivity contribution in [2.75, 3.05) is 13.2 Å². The number of nitrogens with zero attached hydrogens (tertiary/aromatic N) is 3. The Bertz CT molecular complexity index is 1200. The molecule has 1 aromatic heterocycles. The molecule has 5 rings (SSSR count). The smallest absolute Gasteiger partial charge is 0.403 e. The molecule has 1 N–H and O–H groups in total. The van der Waals surface area contributed by atoms with Crippen LogP contribution in [0.1, 0.15) is 53.9 Å². The maximum Gasteiger partial charge on any atom is 0.403 e. The van der Waals surface area contributed by atoms with Crippen LogP contribution in [-0.2, 0) is 16.1 Å². The van der Waals surface area contributed by atoms with E-state index in [1.54, 1.807) is 0 Å². The lowest BCUT2D eigenvalue weighted by Gasteiger charge is -2.44. The van der Waals surface area contributed by atoms with E-state index in [0.29, 0.717) is 0 Å². The molecule has 3 aliphatic rings. The van der Waals surface area contributed by atoms with E-state index in [-0.39, 0.29) is 62.1 Å². The third-order valence-corrected chi connectivity index (χ3v) is 7.12. The lowest BCUT2D eigenvalue weighted by atomic mass is 9.67. The van der Waals surface area contributed by atoms with Crippen LogP contribution in [-0.4, -0.2) is 58.4 Å². The standard InChI is InChI=1S/C22H20F6N4O4/c23-13-7-10(17-30-31-18(36-17)16(24)25)6-11-12(13)8-32(19(11)33)15-9-35-5-2-14(15)29-20(34)21(3-1-4-21)22(26,27)28/h6-7,14-16H,1-5,8-9H2,(H,29,34)/t14-,15-/m1/s1. The first-order chi connectivity index (χ1) is 17.0. The van der Waals surface area contributed by atoms with Gasteiger partial charge in [-0.05, 0) is 31.4 Å². The fourth-order valence-corrected chi connectivity index (χ4v) is 4.89. The fourth-order valence-electron chi connectivity index (χ4n) is 4.89. The van der Waals surface area contributed by atoms with Crippen molar-refractivity contribution in [3.8, 4) is 11.5 Å². The van der Waals surface area contributed by atoms with Crippen molar-refractivity contribution < 1.29 is 45.1 Å². The number of alkyl halides is 5. The van der Waals surface area contributed by atoms with E-state index in [1.807, 2.05) is 0 Å². The van der Waals surface area contributed by atoms with E-state index in [0.717, 1.165) is 6.07 Å². The fraction of sp³-hybridized carbons (Fsp3) is 0.545. The maximum absolute atomic E-state index is 14.9. The van der Waals surface area contributed by atoms with Crippen molar-refractivity contribution in [3.05, 3.63) is 35.0 Å². The summed E-state index contributed by atoms with van der Waals surface area (Å²) in [5, 5.41) is 9.13. The van der Waals surface area contributed by atoms with E-state index in [9.17, 15) is 35.9 Å². The van der Waals surface area contributed by atoms with E-state index < -0.39 is 59.5 Å². The summed E-state index contributed by atoms with van der Waals surface area (Å²) in [6.07, 6.45) is -7.89. The average molecular weight is 518 g/mol. The number of amides is 2. The number of hydrogen-bond acceptors (Lipinski definition) is 6. The van der Waals surface area contributed by atoms with Crippen molar-refractivity contribution in [1.29, 1.82) is 0 Å². The Hall–Kier alpha value is -3.16. The molecule has 0 spiro atoms. The number of carbonyl (C=O) groups is 2. The van der Waals surface area contributed by atoms with Crippen molar-refractivity contribution in [3.63, 3.8) is 0 Å². The molecule has 0 bridgehead atoms. The zero-order valence-corrected chi connectivity index (χ0v) is 18.6. The van der Waals surface area contributed by atoms with Gasteiger partial charge in [0.05, 0.1) is 25.2 Å². The van der Waals surface area contributed by atoms with E-state index in [2.05, 4.69) is 15.5 Å². The van der Waals surface area contributed by atoms with Gasteiger partial charge in [-0.3, -0.25) is 9.59 Å². The van der Waals surface area contributed by atoms with Gasteiger partial charge in [0.25, 0.3) is 11.8 Å². The van der Waals surface area contributed by atoms with Gasteiger partial charge in [0.15, 0.2) is 0 Å². The summed E-state index contributed by atoms with van der Waals surface area (Å²) in [5.41, 5.74) is -2.60. The summed E-state index contributed by atoms with van der Waals surface area (Å²) in [6, 6.07) is 0.521. The van der Waals surface area contributed by atoms with Gasteiger partial charge in [-0.15, -0.1) is 10.2 Å². The first-order valence-electron chi connectivity index (χ1n) is 11.2. The van der Waals surface area contributed by atoms with Crippen molar-refractivity contribution in [1.82, 2.24) is 20.4 Å². The number of hydrogen-bond donors (Lipinski definition) is 1. The molecule has 2 fully saturated rings. The second-order valence-electron chi connectivity index (χ2n) is 9.11. The molecule has 3 heterocycles. The molecular formula is C22H20F6N4O4. The zero-order valence-electron chi connectivity index (χ0n) is 18.6. The Labute approximate surface area is 200 Å². The van der Waals surface area contributed by atoms with Crippen LogP contribution in [0.4, 0.5) is 26.3 Å². The molecule has 2 amide bonds. The lowest BCUT2D eigenvalue weighted by molar-refractivity contribution is -0.243. The number of benzene rings is 1. The highest BCUT2D eigenvalue weighted by Crippen LogP contribution is 2.53. The van der Waals surface area contributed by atoms with Crippen LogP contribution in [0.2, 0.25) is 0 Å². The molecule has 1 saturated heterocycles. The molecule has 0 radical (unpaired) electrons. The van der Waals surface area contributed by atoms with Gasteiger partial charge < -0.3 is 19.4 Å². The Kier molecular flexibility index (Phi) is 5.96. The van der Waals surface area contributed by atoms with Crippen LogP contribution in [0.5, 0.6) is 0 Å². The molecule has 1 aliphatic carbocycles. The number of nitrogens with one attached hydrogen (secondary N) is 1. The second-order valence-corrected chi connectivity index (χ2v) is 9.11. The monoisotopic (exact) mass is 518 g/mol. The van der Waals surface area contributed by atoms with Crippen LogP contribution in [0.3, 0.4) is 0 Å². The molecule has 2 aromatic rings. The van der Waals surface area contributed by atoms with E-state index in [4.69, 9.17) is 9.15 Å². The van der Waals surface area contributed by atoms with Gasteiger partial charge in [0.2, 0.25) is 11.8 Å². The summed E-state index contributed by atoms with van der Waals surface area (Å²) < 4.78 is 91.6. The molecule has 1 aromatic carbocycles. The molecule has 14 heteroatoms. The number of carbonyl (C=O) groups excluding carboxylic acids is 2. The predicted octanol–water partition coefficient (Wildman–Crippen LogP) is 3.78. The van der Waals surface area contributed by atoms with Crippen LogP contribution < -0.4 is 5.32 Å². The number of halogens is 6. The molecular weight excluding hydrogens is 498 g/mol. The zero-order chi connectivity index (χ0) is 25.8. The SMILES string of the molecule is O=C1c2cc(-c3nnc(C(F)F)o3)cc(F)c2CN1[C@@H]1COCC[C@H]1NC(=O)C1(C(F)(F)F)CCC1. The maximum atomic E-state index is 14.9. The molecule has 0 unspecified atom stereocenters. The summed E-state index contributed by atoms with van der Waals surface area (Å²) in [7, 11) is 0. The average Bonchev–Trinajstić information content (AvgIpc) is 3.38. The summed E-state index contributed by atoms with van der Waals surface area (Å²) in [6.45, 7) is -0.117. The molecule has 8 nitrogen and oxygen atoms in total. The minimum atomic E-state index is -4.70. The van der Waals surface area contributed by atoms with Gasteiger partial charge in [0.1, 0.15) is 11.2 Å². The second kappa shape index (κ2) is 8.75. The number of aromatic nitrogens is 2. The Morgan fingerprint density at radius 2 is 1.97 bits per heavy atom. The molecule has 2 aliphatic heterocycles. The topological polar surface area (TPSA) is 97.6 Å². The van der Waals surface area contributed by atoms with Gasteiger partial charge in [0, 0.05) is 23.3 Å². The van der Waals surface area contributed by atoms with Gasteiger partial charge >= 0.3 is 12.6 Å². The third-order valence-electron chi connectivity index (χ3n) is 7.12. The van der Waals surface area contributed by atoms with Crippen LogP contribution in [0.25, 0.3) is 11.5 Å². The minimum absolute atomic E-state index is 0.0127. The van der Waals surface area contributed by atoms with Crippen molar-refractivity contribution >= 4 is 11.8 Å². The first-order valence-corrected chi connectivity index (χ1v) is 11.2. The summed E-state index contributed by atoms with van der Waals surface area (Å²) in [4.78, 5) is 27.2. The van der Waals surface area contributed by atoms with E-state index >= 15 is 0 Å². The Morgan fingerprint density at radius 3 is 2.58 bits per heavy atom. The Balaban J connectivity index is 1.38. The molecule has 36 heavy (non-hydrogen) atoms. The van der Waals surface area contributed by atoms with Crippen LogP contribution >= 0.6 is 0 Å². The van der Waals surface area contributed by atoms with E-state index in [1.165, 1.54) is 11.0 Å². The highest BCUT2D eigenvalue weighted by atomic mass is 19.4. The first kappa shape index (κ1) is 24.5. The number of ether oxygens (including phenoxy) is 1. The lowest BCUT2D eigenvalue weighted by Crippen LogP contribution is -2.62. The van der Waals surface area contributed by atoms with Gasteiger partial charge in [-0.25, -0.2) is 4.39 Å². The van der Waals surface area contributed by atoms with Gasteiger partial charge in [-0.1, -0.05) is 6.42 Å². The predicted molar refractivity (Wildman–Crippen MR) is 108 cm³/mol. The normalized spacial score (nSPS) is 23.5. The molecule has 1 saturated carbocycles. The molecule has 194 valence electrons. The molecule has 2 atom stereocenters. The highest BCUT2D eigenvalue weighted by Gasteiger charge is 2.63.